The summed E-state index contributed by atoms with van der Waals surface area (Å²) in [6.45, 7) is 2.15. The van der Waals surface area contributed by atoms with E-state index in [1.165, 1.54) is 13.0 Å². The molecule has 0 aliphatic carbocycles. The largest absolute Gasteiger partial charge is 0.484 e. The number of nitrogens with zero attached hydrogens (tertiary/aromatic N) is 1. The van der Waals surface area contributed by atoms with Crippen molar-refractivity contribution in [2.75, 3.05) is 13.2 Å². The molecule has 0 bridgehead atoms. The number of ketones is 1. The molecule has 0 unspecified atom stereocenters. The van der Waals surface area contributed by atoms with Gasteiger partial charge in [0.15, 0.2) is 5.78 Å². The van der Waals surface area contributed by atoms with Crippen molar-refractivity contribution < 1.29 is 19.2 Å². The highest BCUT2D eigenvalue weighted by atomic mass is 35.5. The number of nitro benzene ring substituents is 1. The van der Waals surface area contributed by atoms with E-state index in [1.807, 2.05) is 0 Å². The first kappa shape index (κ1) is 12.8. The van der Waals surface area contributed by atoms with Crippen LogP contribution in [0.1, 0.15) is 17.3 Å². The smallest absolute Gasteiger partial charge is 0.281 e. The molecule has 1 fully saturated rings. The molecule has 0 aromatic heterocycles. The minimum Gasteiger partial charge on any atom is -0.484 e. The highest BCUT2D eigenvalue weighted by molar-refractivity contribution is 6.32. The Morgan fingerprint density at radius 2 is 2.22 bits per heavy atom. The number of Topliss-reactive ketones (excluding diaryl/α,β-unsaturated/α-hetero) is 1. The molecular formula is C11H10ClNO5. The van der Waals surface area contributed by atoms with Crippen LogP contribution in [0.15, 0.2) is 12.1 Å². The van der Waals surface area contributed by atoms with Gasteiger partial charge in [-0.1, -0.05) is 11.6 Å². The van der Waals surface area contributed by atoms with Gasteiger partial charge in [0.05, 0.1) is 28.7 Å². The van der Waals surface area contributed by atoms with Crippen molar-refractivity contribution in [3.63, 3.8) is 0 Å². The van der Waals surface area contributed by atoms with Crippen molar-refractivity contribution in [2.45, 2.75) is 13.0 Å². The van der Waals surface area contributed by atoms with E-state index in [-0.39, 0.29) is 28.1 Å². The van der Waals surface area contributed by atoms with Crippen molar-refractivity contribution in [3.05, 3.63) is 32.8 Å². The van der Waals surface area contributed by atoms with Gasteiger partial charge in [-0.25, -0.2) is 0 Å². The highest BCUT2D eigenvalue weighted by Gasteiger charge is 2.25. The average molecular weight is 272 g/mol. The summed E-state index contributed by atoms with van der Waals surface area (Å²) in [5.41, 5.74) is -0.329. The maximum absolute atomic E-state index is 11.4. The predicted octanol–water partition coefficient (Wildman–Crippen LogP) is 2.23. The van der Waals surface area contributed by atoms with E-state index < -0.39 is 10.7 Å². The molecule has 0 atom stereocenters. The zero-order chi connectivity index (χ0) is 13.3. The van der Waals surface area contributed by atoms with Crippen LogP contribution in [0, 0.1) is 10.1 Å². The lowest BCUT2D eigenvalue weighted by Gasteiger charge is -2.27. The molecule has 1 heterocycles. The van der Waals surface area contributed by atoms with Crippen LogP contribution in [0.3, 0.4) is 0 Å². The standard InChI is InChI=1S/C11H10ClNO5/c1-6(14)8-2-11(18-7-4-17-5-7)9(12)3-10(8)13(15)16/h2-3,7H,4-5H2,1H3. The SMILES string of the molecule is CC(=O)c1cc(OC2COC2)c(Cl)cc1[N+](=O)[O-]. The van der Waals surface area contributed by atoms with Crippen molar-refractivity contribution in [2.24, 2.45) is 0 Å². The van der Waals surface area contributed by atoms with Crippen LogP contribution in [0.2, 0.25) is 5.02 Å². The summed E-state index contributed by atoms with van der Waals surface area (Å²) in [4.78, 5) is 21.5. The third kappa shape index (κ3) is 2.44. The first-order valence-corrected chi connectivity index (χ1v) is 5.60. The van der Waals surface area contributed by atoms with E-state index >= 15 is 0 Å². The van der Waals surface area contributed by atoms with E-state index in [9.17, 15) is 14.9 Å². The second kappa shape index (κ2) is 4.91. The number of carbonyl (C=O) groups is 1. The minimum absolute atomic E-state index is 0.0142. The van der Waals surface area contributed by atoms with Crippen molar-refractivity contribution in [3.8, 4) is 5.75 Å². The number of hydrogen-bond acceptors (Lipinski definition) is 5. The van der Waals surface area contributed by atoms with Gasteiger partial charge in [0, 0.05) is 6.07 Å². The second-order valence-corrected chi connectivity index (χ2v) is 4.30. The molecule has 18 heavy (non-hydrogen) atoms. The molecule has 0 saturated carbocycles. The molecule has 1 aliphatic heterocycles. The van der Waals surface area contributed by atoms with E-state index in [0.29, 0.717) is 13.2 Å². The molecule has 2 rings (SSSR count). The lowest BCUT2D eigenvalue weighted by Crippen LogP contribution is -2.38. The average Bonchev–Trinajstić information content (AvgIpc) is 2.23. The molecule has 6 nitrogen and oxygen atoms in total. The quantitative estimate of drug-likeness (QED) is 0.477. The summed E-state index contributed by atoms with van der Waals surface area (Å²) in [5.74, 6) is -0.145. The highest BCUT2D eigenvalue weighted by Crippen LogP contribution is 2.33. The van der Waals surface area contributed by atoms with E-state index in [1.54, 1.807) is 0 Å². The zero-order valence-corrected chi connectivity index (χ0v) is 10.3. The van der Waals surface area contributed by atoms with Crippen molar-refractivity contribution in [1.29, 1.82) is 0 Å². The van der Waals surface area contributed by atoms with Crippen LogP contribution in [-0.2, 0) is 4.74 Å². The lowest BCUT2D eigenvalue weighted by atomic mass is 10.1. The molecule has 7 heteroatoms. The third-order valence-electron chi connectivity index (χ3n) is 2.53. The molecule has 1 aromatic rings. The van der Waals surface area contributed by atoms with E-state index in [0.717, 1.165) is 6.07 Å². The molecule has 0 amide bonds. The monoisotopic (exact) mass is 271 g/mol. The number of benzene rings is 1. The maximum Gasteiger partial charge on any atom is 0.281 e. The van der Waals surface area contributed by atoms with Crippen LogP contribution in [0.4, 0.5) is 5.69 Å². The molecule has 0 spiro atoms. The van der Waals surface area contributed by atoms with Crippen molar-refractivity contribution >= 4 is 23.1 Å². The van der Waals surface area contributed by atoms with Gasteiger partial charge in [-0.2, -0.15) is 0 Å². The predicted molar refractivity (Wildman–Crippen MR) is 63.3 cm³/mol. The Morgan fingerprint density at radius 3 is 2.67 bits per heavy atom. The molecule has 0 radical (unpaired) electrons. The van der Waals surface area contributed by atoms with Gasteiger partial charge < -0.3 is 9.47 Å². The number of ether oxygens (including phenoxy) is 2. The summed E-state index contributed by atoms with van der Waals surface area (Å²) in [6, 6.07) is 2.44. The Morgan fingerprint density at radius 1 is 1.56 bits per heavy atom. The Kier molecular flexibility index (Phi) is 3.49. The summed E-state index contributed by atoms with van der Waals surface area (Å²) in [6.07, 6.45) is -0.122. The van der Waals surface area contributed by atoms with Crippen LogP contribution in [0.5, 0.6) is 5.75 Å². The van der Waals surface area contributed by atoms with Gasteiger partial charge in [-0.3, -0.25) is 14.9 Å². The van der Waals surface area contributed by atoms with Gasteiger partial charge in [0.1, 0.15) is 11.9 Å². The molecule has 1 aromatic carbocycles. The van der Waals surface area contributed by atoms with Crippen LogP contribution in [-0.4, -0.2) is 30.0 Å². The lowest BCUT2D eigenvalue weighted by molar-refractivity contribution is -0.385. The number of halogens is 1. The van der Waals surface area contributed by atoms with Gasteiger partial charge in [-0.05, 0) is 13.0 Å². The normalized spacial score (nSPS) is 15.0. The first-order chi connectivity index (χ1) is 8.49. The molecule has 1 saturated heterocycles. The zero-order valence-electron chi connectivity index (χ0n) is 9.51. The first-order valence-electron chi connectivity index (χ1n) is 5.22. The third-order valence-corrected chi connectivity index (χ3v) is 2.82. The van der Waals surface area contributed by atoms with Gasteiger partial charge >= 0.3 is 0 Å². The summed E-state index contributed by atoms with van der Waals surface area (Å²) in [5, 5.41) is 10.9. The number of carbonyl (C=O) groups excluding carboxylic acids is 1. The summed E-state index contributed by atoms with van der Waals surface area (Å²) < 4.78 is 10.4. The van der Waals surface area contributed by atoms with Crippen LogP contribution in [0.25, 0.3) is 0 Å². The summed E-state index contributed by atoms with van der Waals surface area (Å²) >= 11 is 5.89. The van der Waals surface area contributed by atoms with Crippen molar-refractivity contribution in [1.82, 2.24) is 0 Å². The molecule has 96 valence electrons. The molecular weight excluding hydrogens is 262 g/mol. The second-order valence-electron chi connectivity index (χ2n) is 3.89. The fourth-order valence-corrected chi connectivity index (χ4v) is 1.73. The Balaban J connectivity index is 2.38. The fourth-order valence-electron chi connectivity index (χ4n) is 1.53. The fraction of sp³-hybridized carbons (Fsp3) is 0.364. The Labute approximate surface area is 108 Å². The van der Waals surface area contributed by atoms with Gasteiger partial charge in [-0.15, -0.1) is 0 Å². The number of rotatable bonds is 4. The number of hydrogen-bond donors (Lipinski definition) is 0. The molecule has 0 N–H and O–H groups in total. The van der Waals surface area contributed by atoms with Gasteiger partial charge in [0.25, 0.3) is 5.69 Å². The minimum atomic E-state index is -0.640. The Hall–Kier alpha value is -1.66. The molecule has 1 aliphatic rings. The van der Waals surface area contributed by atoms with E-state index in [2.05, 4.69) is 0 Å². The van der Waals surface area contributed by atoms with Gasteiger partial charge in [0.2, 0.25) is 0 Å². The summed E-state index contributed by atoms with van der Waals surface area (Å²) in [7, 11) is 0. The van der Waals surface area contributed by atoms with E-state index in [4.69, 9.17) is 21.1 Å². The van der Waals surface area contributed by atoms with Crippen LogP contribution < -0.4 is 4.74 Å². The number of nitro groups is 1. The van der Waals surface area contributed by atoms with Crippen LogP contribution >= 0.6 is 11.6 Å². The Bertz CT molecular complexity index is 512. The topological polar surface area (TPSA) is 78.7 Å². The maximum atomic E-state index is 11.4.